The van der Waals surface area contributed by atoms with Crippen LogP contribution in [0.5, 0.6) is 5.75 Å². The predicted octanol–water partition coefficient (Wildman–Crippen LogP) is 2.85. The lowest BCUT2D eigenvalue weighted by Gasteiger charge is -2.43. The fraction of sp³-hybridized carbons (Fsp3) is 0.647. The van der Waals surface area contributed by atoms with Crippen molar-refractivity contribution in [3.8, 4) is 5.75 Å². The number of benzene rings is 1. The van der Waals surface area contributed by atoms with Crippen LogP contribution in [0.1, 0.15) is 33.3 Å². The van der Waals surface area contributed by atoms with Crippen molar-refractivity contribution in [2.45, 2.75) is 46.3 Å². The maximum absolute atomic E-state index is 9.63. The smallest absolute Gasteiger partial charge is 0.115 e. The van der Waals surface area contributed by atoms with E-state index in [0.29, 0.717) is 29.7 Å². The molecule has 0 spiro atoms. The third-order valence-corrected chi connectivity index (χ3v) is 4.36. The third kappa shape index (κ3) is 3.74. The summed E-state index contributed by atoms with van der Waals surface area (Å²) in [7, 11) is 0. The molecule has 0 radical (unpaired) electrons. The molecular weight excluding hydrogens is 248 g/mol. The van der Waals surface area contributed by atoms with Gasteiger partial charge in [-0.1, -0.05) is 39.8 Å². The standard InChI is InChI=1S/C17H28N2O/c1-12(2)16-11-19(17(9-18-16)13(3)4)10-14-6-5-7-15(20)8-14/h5-8,12-13,16-18,20H,9-11H2,1-4H3. The minimum absolute atomic E-state index is 0.360. The molecule has 1 aromatic rings. The topological polar surface area (TPSA) is 35.5 Å². The highest BCUT2D eigenvalue weighted by atomic mass is 16.3. The first-order valence-corrected chi connectivity index (χ1v) is 7.72. The summed E-state index contributed by atoms with van der Waals surface area (Å²) in [6, 6.07) is 8.76. The Hall–Kier alpha value is -1.06. The average Bonchev–Trinajstić information content (AvgIpc) is 2.38. The van der Waals surface area contributed by atoms with Gasteiger partial charge in [0.1, 0.15) is 5.75 Å². The molecule has 0 amide bonds. The van der Waals surface area contributed by atoms with Gasteiger partial charge in [-0.05, 0) is 29.5 Å². The Labute approximate surface area is 123 Å². The van der Waals surface area contributed by atoms with Crippen LogP contribution in [0.3, 0.4) is 0 Å². The molecule has 1 heterocycles. The summed E-state index contributed by atoms with van der Waals surface area (Å²) in [6.07, 6.45) is 0. The van der Waals surface area contributed by atoms with Gasteiger partial charge in [0.25, 0.3) is 0 Å². The Morgan fingerprint density at radius 2 is 2.00 bits per heavy atom. The first kappa shape index (κ1) is 15.3. The summed E-state index contributed by atoms with van der Waals surface area (Å²) < 4.78 is 0. The fourth-order valence-corrected chi connectivity index (χ4v) is 3.03. The monoisotopic (exact) mass is 276 g/mol. The van der Waals surface area contributed by atoms with Gasteiger partial charge in [0.15, 0.2) is 0 Å². The fourth-order valence-electron chi connectivity index (χ4n) is 3.03. The third-order valence-electron chi connectivity index (χ3n) is 4.36. The second-order valence-corrected chi connectivity index (χ2v) is 6.67. The van der Waals surface area contributed by atoms with Crippen LogP contribution in [0.25, 0.3) is 0 Å². The van der Waals surface area contributed by atoms with Crippen LogP contribution in [0.4, 0.5) is 0 Å². The number of hydrogen-bond acceptors (Lipinski definition) is 3. The van der Waals surface area contributed by atoms with Gasteiger partial charge >= 0.3 is 0 Å². The zero-order valence-corrected chi connectivity index (χ0v) is 13.1. The first-order valence-electron chi connectivity index (χ1n) is 7.72. The van der Waals surface area contributed by atoms with Crippen molar-refractivity contribution in [1.29, 1.82) is 0 Å². The van der Waals surface area contributed by atoms with Crippen molar-refractivity contribution < 1.29 is 5.11 Å². The summed E-state index contributed by atoms with van der Waals surface area (Å²) in [5, 5.41) is 13.3. The van der Waals surface area contributed by atoms with E-state index in [-0.39, 0.29) is 0 Å². The number of aromatic hydroxyl groups is 1. The molecule has 2 rings (SSSR count). The van der Waals surface area contributed by atoms with Crippen LogP contribution in [0.15, 0.2) is 24.3 Å². The Morgan fingerprint density at radius 1 is 1.25 bits per heavy atom. The highest BCUT2D eigenvalue weighted by molar-refractivity contribution is 5.27. The van der Waals surface area contributed by atoms with Crippen LogP contribution < -0.4 is 5.32 Å². The van der Waals surface area contributed by atoms with Gasteiger partial charge < -0.3 is 10.4 Å². The molecule has 2 atom stereocenters. The Kier molecular flexibility index (Phi) is 5.06. The van der Waals surface area contributed by atoms with Crippen molar-refractivity contribution >= 4 is 0 Å². The number of phenols is 1. The number of nitrogens with zero attached hydrogens (tertiary/aromatic N) is 1. The molecule has 3 heteroatoms. The van der Waals surface area contributed by atoms with Gasteiger partial charge in [-0.3, -0.25) is 4.90 Å². The van der Waals surface area contributed by atoms with E-state index in [1.165, 1.54) is 5.56 Å². The molecule has 1 aliphatic heterocycles. The van der Waals surface area contributed by atoms with Crippen LogP contribution >= 0.6 is 0 Å². The molecule has 1 fully saturated rings. The van der Waals surface area contributed by atoms with Crippen molar-refractivity contribution in [3.63, 3.8) is 0 Å². The molecule has 20 heavy (non-hydrogen) atoms. The predicted molar refractivity (Wildman–Crippen MR) is 83.8 cm³/mol. The molecule has 0 aromatic heterocycles. The molecule has 1 saturated heterocycles. The number of hydrogen-bond donors (Lipinski definition) is 2. The van der Waals surface area contributed by atoms with E-state index in [0.717, 1.165) is 19.6 Å². The highest BCUT2D eigenvalue weighted by Gasteiger charge is 2.30. The van der Waals surface area contributed by atoms with Gasteiger partial charge in [0, 0.05) is 31.7 Å². The molecule has 112 valence electrons. The second kappa shape index (κ2) is 6.59. The van der Waals surface area contributed by atoms with Crippen molar-refractivity contribution in [2.24, 2.45) is 11.8 Å². The number of rotatable bonds is 4. The van der Waals surface area contributed by atoms with E-state index >= 15 is 0 Å². The Bertz CT molecular complexity index is 431. The van der Waals surface area contributed by atoms with E-state index in [1.54, 1.807) is 6.07 Å². The lowest BCUT2D eigenvalue weighted by atomic mass is 9.94. The van der Waals surface area contributed by atoms with Crippen molar-refractivity contribution in [3.05, 3.63) is 29.8 Å². The van der Waals surface area contributed by atoms with Crippen LogP contribution in [-0.4, -0.2) is 35.2 Å². The zero-order valence-electron chi connectivity index (χ0n) is 13.1. The second-order valence-electron chi connectivity index (χ2n) is 6.67. The van der Waals surface area contributed by atoms with Crippen LogP contribution in [-0.2, 0) is 6.54 Å². The molecule has 0 saturated carbocycles. The van der Waals surface area contributed by atoms with E-state index in [9.17, 15) is 5.11 Å². The van der Waals surface area contributed by atoms with E-state index < -0.39 is 0 Å². The molecule has 2 N–H and O–H groups in total. The minimum Gasteiger partial charge on any atom is -0.508 e. The van der Waals surface area contributed by atoms with E-state index in [2.05, 4.69) is 44.0 Å². The lowest BCUT2D eigenvalue weighted by Crippen LogP contribution is -2.59. The van der Waals surface area contributed by atoms with Gasteiger partial charge in [0.05, 0.1) is 0 Å². The molecule has 3 nitrogen and oxygen atoms in total. The normalized spacial score (nSPS) is 24.5. The molecule has 0 bridgehead atoms. The largest absolute Gasteiger partial charge is 0.508 e. The number of nitrogens with one attached hydrogen (secondary N) is 1. The maximum Gasteiger partial charge on any atom is 0.115 e. The average molecular weight is 276 g/mol. The number of phenolic OH excluding ortho intramolecular Hbond substituents is 1. The van der Waals surface area contributed by atoms with Crippen LogP contribution in [0.2, 0.25) is 0 Å². The first-order chi connectivity index (χ1) is 9.47. The number of piperazine rings is 1. The lowest BCUT2D eigenvalue weighted by molar-refractivity contribution is 0.0783. The molecular formula is C17H28N2O. The van der Waals surface area contributed by atoms with E-state index in [1.807, 2.05) is 12.1 Å². The van der Waals surface area contributed by atoms with Crippen LogP contribution in [0, 0.1) is 11.8 Å². The summed E-state index contributed by atoms with van der Waals surface area (Å²) in [5.74, 6) is 1.64. The van der Waals surface area contributed by atoms with Crippen molar-refractivity contribution in [2.75, 3.05) is 13.1 Å². The van der Waals surface area contributed by atoms with Gasteiger partial charge in [-0.25, -0.2) is 0 Å². The molecule has 1 aliphatic rings. The highest BCUT2D eigenvalue weighted by Crippen LogP contribution is 2.22. The molecule has 0 aliphatic carbocycles. The Morgan fingerprint density at radius 3 is 2.60 bits per heavy atom. The quantitative estimate of drug-likeness (QED) is 0.887. The summed E-state index contributed by atoms with van der Waals surface area (Å²) in [6.45, 7) is 12.2. The van der Waals surface area contributed by atoms with Crippen molar-refractivity contribution in [1.82, 2.24) is 10.2 Å². The molecule has 1 aromatic carbocycles. The summed E-state index contributed by atoms with van der Waals surface area (Å²) >= 11 is 0. The summed E-state index contributed by atoms with van der Waals surface area (Å²) in [4.78, 5) is 2.57. The Balaban J connectivity index is 2.11. The SMILES string of the molecule is CC(C)C1CN(Cc2cccc(O)c2)C(C(C)C)CN1. The van der Waals surface area contributed by atoms with E-state index in [4.69, 9.17) is 0 Å². The molecule has 2 unspecified atom stereocenters. The van der Waals surface area contributed by atoms with Gasteiger partial charge in [0.2, 0.25) is 0 Å². The zero-order chi connectivity index (χ0) is 14.7. The minimum atomic E-state index is 0.360. The van der Waals surface area contributed by atoms with Gasteiger partial charge in [-0.2, -0.15) is 0 Å². The maximum atomic E-state index is 9.63. The summed E-state index contributed by atoms with van der Waals surface area (Å²) in [5.41, 5.74) is 1.19. The van der Waals surface area contributed by atoms with Gasteiger partial charge in [-0.15, -0.1) is 0 Å².